The second-order valence-electron chi connectivity index (χ2n) is 6.15. The normalized spacial score (nSPS) is 28.9. The zero-order chi connectivity index (χ0) is 14.7. The van der Waals surface area contributed by atoms with Gasteiger partial charge in [-0.1, -0.05) is 12.1 Å². The molecule has 4 rings (SSSR count). The molecular formula is C17H23N3O. The van der Waals surface area contributed by atoms with Crippen molar-refractivity contribution < 1.29 is 4.74 Å². The van der Waals surface area contributed by atoms with E-state index in [-0.39, 0.29) is 6.61 Å². The number of hydrogen-bond donors (Lipinski definition) is 1. The van der Waals surface area contributed by atoms with Gasteiger partial charge in [-0.2, -0.15) is 5.26 Å². The second-order valence-corrected chi connectivity index (χ2v) is 6.15. The maximum Gasteiger partial charge on any atom is 0.174 e. The third kappa shape index (κ3) is 3.37. The van der Waals surface area contributed by atoms with E-state index in [0.29, 0.717) is 12.1 Å². The third-order valence-corrected chi connectivity index (χ3v) is 4.80. The van der Waals surface area contributed by atoms with Crippen LogP contribution in [0.4, 0.5) is 0 Å². The van der Waals surface area contributed by atoms with Crippen LogP contribution in [0.1, 0.15) is 31.4 Å². The van der Waals surface area contributed by atoms with Crippen molar-refractivity contribution >= 4 is 0 Å². The summed E-state index contributed by atoms with van der Waals surface area (Å²) in [6.45, 7) is 6.08. The lowest BCUT2D eigenvalue weighted by Crippen LogP contribution is -2.56. The average molecular weight is 285 g/mol. The van der Waals surface area contributed by atoms with Gasteiger partial charge in [0.2, 0.25) is 0 Å². The number of benzene rings is 1. The highest BCUT2D eigenvalue weighted by Gasteiger charge is 2.34. The summed E-state index contributed by atoms with van der Waals surface area (Å²) in [6.07, 6.45) is 2.68. The zero-order valence-electron chi connectivity index (χ0n) is 12.6. The summed E-state index contributed by atoms with van der Waals surface area (Å²) in [4.78, 5) is 2.57. The van der Waals surface area contributed by atoms with Gasteiger partial charge in [-0.05, 0) is 56.5 Å². The summed E-state index contributed by atoms with van der Waals surface area (Å²) in [7, 11) is 0. The van der Waals surface area contributed by atoms with Gasteiger partial charge in [0.05, 0.1) is 0 Å². The minimum Gasteiger partial charge on any atom is -0.479 e. The molecule has 112 valence electrons. The van der Waals surface area contributed by atoms with Crippen LogP contribution in [0, 0.1) is 17.2 Å². The largest absolute Gasteiger partial charge is 0.479 e. The first-order chi connectivity index (χ1) is 10.3. The molecule has 4 heteroatoms. The molecule has 0 spiro atoms. The fourth-order valence-electron chi connectivity index (χ4n) is 3.54. The van der Waals surface area contributed by atoms with Gasteiger partial charge in [0.1, 0.15) is 11.8 Å². The smallest absolute Gasteiger partial charge is 0.174 e. The highest BCUT2D eigenvalue weighted by Crippen LogP contribution is 2.29. The fraction of sp³-hybridized carbons (Fsp3) is 0.588. The van der Waals surface area contributed by atoms with E-state index >= 15 is 0 Å². The van der Waals surface area contributed by atoms with E-state index in [2.05, 4.69) is 29.3 Å². The number of nitrogens with zero attached hydrogens (tertiary/aromatic N) is 2. The average Bonchev–Trinajstić information content (AvgIpc) is 2.54. The molecule has 1 aromatic rings. The minimum atomic E-state index is 0.104. The lowest BCUT2D eigenvalue weighted by atomic mass is 9.83. The monoisotopic (exact) mass is 285 g/mol. The molecular weight excluding hydrogens is 262 g/mol. The minimum absolute atomic E-state index is 0.104. The first kappa shape index (κ1) is 14.4. The number of fused-ring (bicyclic) bond motifs is 3. The molecule has 2 bridgehead atoms. The lowest BCUT2D eigenvalue weighted by molar-refractivity contribution is 0.0680. The van der Waals surface area contributed by atoms with Crippen LogP contribution < -0.4 is 10.1 Å². The Labute approximate surface area is 126 Å². The number of hydrogen-bond acceptors (Lipinski definition) is 4. The van der Waals surface area contributed by atoms with Crippen LogP contribution in [0.15, 0.2) is 24.3 Å². The van der Waals surface area contributed by atoms with Crippen LogP contribution in [0.2, 0.25) is 0 Å². The molecule has 3 saturated heterocycles. The molecule has 2 atom stereocenters. The Morgan fingerprint density at radius 1 is 1.33 bits per heavy atom. The first-order valence-corrected chi connectivity index (χ1v) is 7.84. The van der Waals surface area contributed by atoms with Crippen molar-refractivity contribution in [1.29, 1.82) is 5.26 Å². The molecule has 0 amide bonds. The molecule has 3 aliphatic heterocycles. The van der Waals surface area contributed by atoms with E-state index in [1.54, 1.807) is 0 Å². The molecule has 0 aromatic heterocycles. The van der Waals surface area contributed by atoms with Crippen molar-refractivity contribution in [3.05, 3.63) is 29.8 Å². The van der Waals surface area contributed by atoms with Crippen LogP contribution in [0.25, 0.3) is 0 Å². The number of nitriles is 1. The predicted octanol–water partition coefficient (Wildman–Crippen LogP) is 2.33. The van der Waals surface area contributed by atoms with Gasteiger partial charge in [-0.25, -0.2) is 0 Å². The lowest BCUT2D eigenvalue weighted by Gasteiger charge is -2.46. The molecule has 3 fully saturated rings. The van der Waals surface area contributed by atoms with Gasteiger partial charge in [0.25, 0.3) is 0 Å². The molecule has 3 heterocycles. The molecule has 0 radical (unpaired) electrons. The van der Waals surface area contributed by atoms with Crippen molar-refractivity contribution in [2.45, 2.75) is 31.8 Å². The Kier molecular flexibility index (Phi) is 4.42. The van der Waals surface area contributed by atoms with Crippen LogP contribution in [0.5, 0.6) is 5.75 Å². The first-order valence-electron chi connectivity index (χ1n) is 7.84. The van der Waals surface area contributed by atoms with Gasteiger partial charge >= 0.3 is 0 Å². The summed E-state index contributed by atoms with van der Waals surface area (Å²) in [6, 6.07) is 11.0. The van der Waals surface area contributed by atoms with E-state index in [4.69, 9.17) is 10.00 Å². The molecule has 4 nitrogen and oxygen atoms in total. The quantitative estimate of drug-likeness (QED) is 0.902. The van der Waals surface area contributed by atoms with Crippen LogP contribution in [-0.2, 0) is 0 Å². The third-order valence-electron chi connectivity index (χ3n) is 4.80. The van der Waals surface area contributed by atoms with Gasteiger partial charge < -0.3 is 15.0 Å². The van der Waals surface area contributed by atoms with Crippen LogP contribution in [-0.4, -0.2) is 37.2 Å². The van der Waals surface area contributed by atoms with Gasteiger partial charge in [-0.15, -0.1) is 0 Å². The number of rotatable bonds is 5. The van der Waals surface area contributed by atoms with Gasteiger partial charge in [0, 0.05) is 18.6 Å². The molecule has 0 aliphatic carbocycles. The standard InChI is InChI=1S/C17H23N3O/c1-13(14-2-4-16(5-3-14)21-11-8-18)19-17-12-20-9-6-15(17)7-10-20/h2-5,13,15,17,19H,6-7,9-12H2,1H3. The van der Waals surface area contributed by atoms with Crippen LogP contribution in [0.3, 0.4) is 0 Å². The summed E-state index contributed by atoms with van der Waals surface area (Å²) >= 11 is 0. The van der Waals surface area contributed by atoms with E-state index in [1.807, 2.05) is 18.2 Å². The highest BCUT2D eigenvalue weighted by molar-refractivity contribution is 5.29. The molecule has 21 heavy (non-hydrogen) atoms. The predicted molar refractivity (Wildman–Crippen MR) is 82.1 cm³/mol. The topological polar surface area (TPSA) is 48.3 Å². The number of ether oxygens (including phenoxy) is 1. The Balaban J connectivity index is 1.57. The van der Waals surface area contributed by atoms with Gasteiger partial charge in [-0.3, -0.25) is 0 Å². The molecule has 1 aromatic carbocycles. The van der Waals surface area contributed by atoms with E-state index in [0.717, 1.165) is 11.7 Å². The summed E-state index contributed by atoms with van der Waals surface area (Å²) in [5.41, 5.74) is 1.27. The Bertz CT molecular complexity index is 500. The second kappa shape index (κ2) is 6.46. The summed E-state index contributed by atoms with van der Waals surface area (Å²) in [5, 5.41) is 12.3. The Morgan fingerprint density at radius 2 is 2.05 bits per heavy atom. The van der Waals surface area contributed by atoms with Crippen molar-refractivity contribution in [2.24, 2.45) is 5.92 Å². The van der Waals surface area contributed by atoms with Gasteiger partial charge in [0.15, 0.2) is 6.61 Å². The Morgan fingerprint density at radius 3 is 2.62 bits per heavy atom. The maximum absolute atomic E-state index is 8.52. The number of piperidine rings is 3. The Hall–Kier alpha value is -1.57. The maximum atomic E-state index is 8.52. The van der Waals surface area contributed by atoms with E-state index in [1.165, 1.54) is 38.0 Å². The molecule has 0 saturated carbocycles. The van der Waals surface area contributed by atoms with Crippen molar-refractivity contribution in [3.63, 3.8) is 0 Å². The van der Waals surface area contributed by atoms with Crippen molar-refractivity contribution in [3.8, 4) is 11.8 Å². The van der Waals surface area contributed by atoms with Crippen molar-refractivity contribution in [1.82, 2.24) is 10.2 Å². The molecule has 2 unspecified atom stereocenters. The van der Waals surface area contributed by atoms with E-state index in [9.17, 15) is 0 Å². The molecule has 3 aliphatic rings. The zero-order valence-corrected chi connectivity index (χ0v) is 12.6. The highest BCUT2D eigenvalue weighted by atomic mass is 16.5. The van der Waals surface area contributed by atoms with Crippen LogP contribution >= 0.6 is 0 Å². The van der Waals surface area contributed by atoms with Crippen molar-refractivity contribution in [2.75, 3.05) is 26.2 Å². The summed E-state index contributed by atoms with van der Waals surface area (Å²) in [5.74, 6) is 1.60. The molecule has 1 N–H and O–H groups in total. The fourth-order valence-corrected chi connectivity index (χ4v) is 3.54. The SMILES string of the molecule is CC(NC1CN2CCC1CC2)c1ccc(OCC#N)cc1. The van der Waals surface area contributed by atoms with E-state index < -0.39 is 0 Å². The number of nitrogens with one attached hydrogen (secondary N) is 1. The summed E-state index contributed by atoms with van der Waals surface area (Å²) < 4.78 is 5.29.